The number of hydrogen-bond acceptors (Lipinski definition) is 6. The van der Waals surface area contributed by atoms with E-state index in [1.165, 1.54) is 0 Å². The molecule has 3 aromatic rings. The summed E-state index contributed by atoms with van der Waals surface area (Å²) < 4.78 is 17.7. The Morgan fingerprint density at radius 2 is 2.04 bits per heavy atom. The summed E-state index contributed by atoms with van der Waals surface area (Å²) in [7, 11) is 0. The molecule has 2 aromatic heterocycles. The first-order valence-corrected chi connectivity index (χ1v) is 7.42. The minimum Gasteiger partial charge on any atom is -0.454 e. The summed E-state index contributed by atoms with van der Waals surface area (Å²) >= 11 is 6.14. The van der Waals surface area contributed by atoms with Crippen LogP contribution in [-0.4, -0.2) is 26.7 Å². The van der Waals surface area contributed by atoms with Gasteiger partial charge in [-0.15, -0.1) is 0 Å². The van der Waals surface area contributed by atoms with Gasteiger partial charge in [0.2, 0.25) is 18.5 Å². The number of halogens is 1. The highest BCUT2D eigenvalue weighted by atomic mass is 35.5. The molecule has 0 atom stereocenters. The molecular weight excluding hydrogens is 320 g/mol. The van der Waals surface area contributed by atoms with Crippen molar-refractivity contribution in [2.45, 2.75) is 20.4 Å². The molecule has 0 N–H and O–H groups in total. The minimum absolute atomic E-state index is 0.231. The lowest BCUT2D eigenvalue weighted by atomic mass is 10.2. The molecular formula is C15H13ClN4O3. The van der Waals surface area contributed by atoms with Crippen LogP contribution in [0.4, 0.5) is 0 Å². The van der Waals surface area contributed by atoms with Crippen molar-refractivity contribution in [2.75, 3.05) is 6.79 Å². The van der Waals surface area contributed by atoms with Crippen LogP contribution in [-0.2, 0) is 6.54 Å². The van der Waals surface area contributed by atoms with Crippen molar-refractivity contribution in [1.82, 2.24) is 19.9 Å². The van der Waals surface area contributed by atoms with E-state index in [1.54, 1.807) is 4.68 Å². The Morgan fingerprint density at radius 1 is 1.22 bits per heavy atom. The Labute approximate surface area is 136 Å². The van der Waals surface area contributed by atoms with E-state index in [4.69, 9.17) is 25.6 Å². The lowest BCUT2D eigenvalue weighted by molar-refractivity contribution is 0.174. The number of benzene rings is 1. The van der Waals surface area contributed by atoms with Crippen LogP contribution in [0.1, 0.15) is 17.3 Å². The van der Waals surface area contributed by atoms with Crippen LogP contribution in [0.5, 0.6) is 11.5 Å². The Morgan fingerprint density at radius 3 is 2.83 bits per heavy atom. The number of nitrogens with zero attached hydrogens (tertiary/aromatic N) is 4. The molecule has 0 spiro atoms. The number of ether oxygens (including phenoxy) is 2. The van der Waals surface area contributed by atoms with Gasteiger partial charge in [0, 0.05) is 5.56 Å². The average molecular weight is 333 g/mol. The molecule has 8 heteroatoms. The maximum Gasteiger partial charge on any atom is 0.248 e. The smallest absolute Gasteiger partial charge is 0.248 e. The molecule has 4 rings (SSSR count). The van der Waals surface area contributed by atoms with Gasteiger partial charge in [0.25, 0.3) is 0 Å². The first kappa shape index (κ1) is 14.1. The van der Waals surface area contributed by atoms with Crippen molar-refractivity contribution in [2.24, 2.45) is 0 Å². The number of rotatable bonds is 3. The molecule has 0 saturated heterocycles. The van der Waals surface area contributed by atoms with Crippen molar-refractivity contribution < 1.29 is 14.0 Å². The van der Waals surface area contributed by atoms with Crippen LogP contribution in [0.3, 0.4) is 0 Å². The second-order valence-electron chi connectivity index (χ2n) is 5.22. The quantitative estimate of drug-likeness (QED) is 0.734. The summed E-state index contributed by atoms with van der Waals surface area (Å²) in [5.74, 6) is 2.35. The van der Waals surface area contributed by atoms with Crippen molar-refractivity contribution in [1.29, 1.82) is 0 Å². The van der Waals surface area contributed by atoms with E-state index in [0.717, 1.165) is 22.7 Å². The largest absolute Gasteiger partial charge is 0.454 e. The third-order valence-corrected chi connectivity index (χ3v) is 4.22. The summed E-state index contributed by atoms with van der Waals surface area (Å²) in [5.41, 5.74) is 2.45. The highest BCUT2D eigenvalue weighted by Gasteiger charge is 2.17. The Kier molecular flexibility index (Phi) is 3.23. The van der Waals surface area contributed by atoms with Gasteiger partial charge in [0.05, 0.1) is 16.4 Å². The van der Waals surface area contributed by atoms with Crippen molar-refractivity contribution in [3.05, 3.63) is 40.5 Å². The van der Waals surface area contributed by atoms with Gasteiger partial charge >= 0.3 is 0 Å². The molecule has 0 fully saturated rings. The van der Waals surface area contributed by atoms with Crippen LogP contribution >= 0.6 is 11.6 Å². The van der Waals surface area contributed by atoms with E-state index in [9.17, 15) is 0 Å². The van der Waals surface area contributed by atoms with Gasteiger partial charge in [-0.25, -0.2) is 0 Å². The fourth-order valence-corrected chi connectivity index (χ4v) is 2.56. The van der Waals surface area contributed by atoms with Gasteiger partial charge < -0.3 is 14.0 Å². The molecule has 7 nitrogen and oxygen atoms in total. The maximum absolute atomic E-state index is 6.14. The average Bonchev–Trinajstić information content (AvgIpc) is 3.24. The van der Waals surface area contributed by atoms with E-state index in [0.29, 0.717) is 29.0 Å². The fourth-order valence-electron chi connectivity index (χ4n) is 2.43. The third kappa shape index (κ3) is 2.43. The highest BCUT2D eigenvalue weighted by molar-refractivity contribution is 6.31. The summed E-state index contributed by atoms with van der Waals surface area (Å²) in [6, 6.07) is 5.52. The SMILES string of the molecule is Cc1nn(Cc2nc(-c3ccc4c(c3)OCO4)no2)c(C)c1Cl. The summed E-state index contributed by atoms with van der Waals surface area (Å²) in [5, 5.41) is 9.02. The highest BCUT2D eigenvalue weighted by Crippen LogP contribution is 2.35. The molecule has 3 heterocycles. The summed E-state index contributed by atoms with van der Waals surface area (Å²) in [6.07, 6.45) is 0. The Bertz CT molecular complexity index is 887. The molecule has 1 aromatic carbocycles. The minimum atomic E-state index is 0.231. The van der Waals surface area contributed by atoms with Gasteiger partial charge in [-0.3, -0.25) is 4.68 Å². The monoisotopic (exact) mass is 332 g/mol. The van der Waals surface area contributed by atoms with Crippen molar-refractivity contribution in [3.8, 4) is 22.9 Å². The molecule has 0 radical (unpaired) electrons. The summed E-state index contributed by atoms with van der Waals surface area (Å²) in [6.45, 7) is 4.36. The second kappa shape index (κ2) is 5.27. The van der Waals surface area contributed by atoms with E-state index in [-0.39, 0.29) is 6.79 Å². The van der Waals surface area contributed by atoms with Crippen LogP contribution < -0.4 is 9.47 Å². The molecule has 0 aliphatic carbocycles. The van der Waals surface area contributed by atoms with Gasteiger partial charge in [-0.05, 0) is 32.0 Å². The van der Waals surface area contributed by atoms with Crippen LogP contribution in [0.2, 0.25) is 5.02 Å². The zero-order valence-corrected chi connectivity index (χ0v) is 13.3. The van der Waals surface area contributed by atoms with Gasteiger partial charge in [-0.2, -0.15) is 10.1 Å². The molecule has 0 unspecified atom stereocenters. The number of hydrogen-bond donors (Lipinski definition) is 0. The molecule has 0 saturated carbocycles. The second-order valence-corrected chi connectivity index (χ2v) is 5.60. The zero-order valence-electron chi connectivity index (χ0n) is 12.5. The molecule has 1 aliphatic rings. The van der Waals surface area contributed by atoms with Crippen LogP contribution in [0.25, 0.3) is 11.4 Å². The van der Waals surface area contributed by atoms with Crippen LogP contribution in [0.15, 0.2) is 22.7 Å². The summed E-state index contributed by atoms with van der Waals surface area (Å²) in [4.78, 5) is 4.40. The first-order chi connectivity index (χ1) is 11.1. The predicted octanol–water partition coefficient (Wildman–Crippen LogP) is 2.98. The fraction of sp³-hybridized carbons (Fsp3) is 0.267. The van der Waals surface area contributed by atoms with Gasteiger partial charge in [0.15, 0.2) is 11.5 Å². The zero-order chi connectivity index (χ0) is 16.0. The standard InChI is InChI=1S/C15H13ClN4O3/c1-8-14(16)9(2)20(18-8)6-13-17-15(19-23-13)10-3-4-11-12(5-10)22-7-21-11/h3-5H,6-7H2,1-2H3. The first-order valence-electron chi connectivity index (χ1n) is 7.04. The molecule has 0 amide bonds. The predicted molar refractivity (Wildman–Crippen MR) is 81.7 cm³/mol. The van der Waals surface area contributed by atoms with Crippen molar-refractivity contribution >= 4 is 11.6 Å². The maximum atomic E-state index is 6.14. The van der Waals surface area contributed by atoms with E-state index in [2.05, 4.69) is 15.2 Å². The number of fused-ring (bicyclic) bond motifs is 1. The van der Waals surface area contributed by atoms with Crippen LogP contribution in [0, 0.1) is 13.8 Å². The van der Waals surface area contributed by atoms with E-state index >= 15 is 0 Å². The third-order valence-electron chi connectivity index (χ3n) is 3.68. The van der Waals surface area contributed by atoms with Gasteiger partial charge in [-0.1, -0.05) is 16.8 Å². The Balaban J connectivity index is 1.60. The van der Waals surface area contributed by atoms with E-state index in [1.807, 2.05) is 32.0 Å². The molecule has 118 valence electrons. The normalized spacial score (nSPS) is 12.8. The topological polar surface area (TPSA) is 75.2 Å². The van der Waals surface area contributed by atoms with Crippen molar-refractivity contribution in [3.63, 3.8) is 0 Å². The van der Waals surface area contributed by atoms with Gasteiger partial charge in [0.1, 0.15) is 6.54 Å². The van der Waals surface area contributed by atoms with E-state index < -0.39 is 0 Å². The number of aryl methyl sites for hydroxylation is 1. The molecule has 23 heavy (non-hydrogen) atoms. The molecule has 1 aliphatic heterocycles. The Hall–Kier alpha value is -2.54. The number of aromatic nitrogens is 4. The lowest BCUT2D eigenvalue weighted by Crippen LogP contribution is -2.04. The molecule has 0 bridgehead atoms. The lowest BCUT2D eigenvalue weighted by Gasteiger charge is -1.99.